The number of hydrogen-bond acceptors (Lipinski definition) is 5. The molecule has 3 rings (SSSR count). The summed E-state index contributed by atoms with van der Waals surface area (Å²) >= 11 is 1.47. The lowest BCUT2D eigenvalue weighted by atomic mass is 10.2. The van der Waals surface area contributed by atoms with Crippen LogP contribution in [0.3, 0.4) is 0 Å². The number of aromatic nitrogens is 4. The highest BCUT2D eigenvalue weighted by Gasteiger charge is 2.11. The van der Waals surface area contributed by atoms with Crippen LogP contribution in [0.5, 0.6) is 0 Å². The van der Waals surface area contributed by atoms with Gasteiger partial charge in [-0.15, -0.1) is 10.2 Å². The Kier molecular flexibility index (Phi) is 3.19. The number of carbonyl (C=O) groups excluding carboxylic acids is 1. The molecule has 0 aliphatic heterocycles. The third kappa shape index (κ3) is 2.27. The molecule has 20 heavy (non-hydrogen) atoms. The van der Waals surface area contributed by atoms with Gasteiger partial charge in [0.15, 0.2) is 5.82 Å². The lowest BCUT2D eigenvalue weighted by molar-refractivity contribution is -0.115. The van der Waals surface area contributed by atoms with Gasteiger partial charge in [-0.25, -0.2) is 0 Å². The summed E-state index contributed by atoms with van der Waals surface area (Å²) in [7, 11) is 0. The maximum Gasteiger partial charge on any atom is 0.234 e. The second-order valence-corrected chi connectivity index (χ2v) is 5.29. The molecule has 6 nitrogen and oxygen atoms in total. The van der Waals surface area contributed by atoms with Crippen molar-refractivity contribution >= 4 is 27.9 Å². The molecule has 0 saturated carbocycles. The van der Waals surface area contributed by atoms with Crippen molar-refractivity contribution in [2.24, 2.45) is 0 Å². The van der Waals surface area contributed by atoms with Gasteiger partial charge in [0.05, 0.1) is 0 Å². The molecule has 1 amide bonds. The molecule has 1 N–H and O–H groups in total. The maximum atomic E-state index is 11.4. The molecule has 0 bridgehead atoms. The van der Waals surface area contributed by atoms with Gasteiger partial charge >= 0.3 is 0 Å². The Morgan fingerprint density at radius 3 is 3.00 bits per heavy atom. The first-order valence-corrected chi connectivity index (χ1v) is 7.08. The van der Waals surface area contributed by atoms with Crippen molar-refractivity contribution in [1.29, 1.82) is 0 Å². The van der Waals surface area contributed by atoms with Crippen LogP contribution in [0.15, 0.2) is 24.3 Å². The van der Waals surface area contributed by atoms with Gasteiger partial charge in [0.25, 0.3) is 0 Å². The molecule has 1 aromatic carbocycles. The van der Waals surface area contributed by atoms with Crippen LogP contribution in [0.1, 0.15) is 19.2 Å². The van der Waals surface area contributed by atoms with Crippen molar-refractivity contribution in [2.75, 3.05) is 5.32 Å². The molecule has 0 aliphatic carbocycles. The average Bonchev–Trinajstić information content (AvgIpc) is 3.02. The highest BCUT2D eigenvalue weighted by atomic mass is 32.1. The molecule has 0 aliphatic rings. The van der Waals surface area contributed by atoms with Crippen LogP contribution in [-0.2, 0) is 4.79 Å². The first-order valence-electron chi connectivity index (χ1n) is 6.26. The van der Waals surface area contributed by atoms with Crippen LogP contribution in [0, 0.1) is 6.92 Å². The zero-order valence-corrected chi connectivity index (χ0v) is 11.9. The number of carbonyl (C=O) groups is 1. The summed E-state index contributed by atoms with van der Waals surface area (Å²) in [6.07, 6.45) is 0.458. The molecular weight excluding hydrogens is 274 g/mol. The van der Waals surface area contributed by atoms with E-state index in [-0.39, 0.29) is 5.91 Å². The van der Waals surface area contributed by atoms with Crippen molar-refractivity contribution in [3.63, 3.8) is 0 Å². The minimum atomic E-state index is -0.00358. The van der Waals surface area contributed by atoms with E-state index in [9.17, 15) is 4.79 Å². The summed E-state index contributed by atoms with van der Waals surface area (Å²) in [6.45, 7) is 3.69. The largest absolute Gasteiger partial charge is 0.326 e. The van der Waals surface area contributed by atoms with E-state index in [2.05, 4.69) is 20.6 Å². The zero-order chi connectivity index (χ0) is 14.1. The molecule has 0 spiro atoms. The Bertz CT molecular complexity index is 776. The van der Waals surface area contributed by atoms with Crippen molar-refractivity contribution in [3.05, 3.63) is 30.1 Å². The first kappa shape index (κ1) is 12.7. The third-order valence-electron chi connectivity index (χ3n) is 2.86. The summed E-state index contributed by atoms with van der Waals surface area (Å²) < 4.78 is 1.72. The topological polar surface area (TPSA) is 72.2 Å². The highest BCUT2D eigenvalue weighted by molar-refractivity contribution is 7.19. The molecule has 102 valence electrons. The molecule has 0 fully saturated rings. The molecule has 0 unspecified atom stereocenters. The number of benzene rings is 1. The fourth-order valence-corrected chi connectivity index (χ4v) is 2.69. The fraction of sp³-hybridized carbons (Fsp3) is 0.231. The van der Waals surface area contributed by atoms with Crippen LogP contribution < -0.4 is 5.32 Å². The van der Waals surface area contributed by atoms with E-state index in [1.54, 1.807) is 4.52 Å². The Morgan fingerprint density at radius 1 is 1.40 bits per heavy atom. The van der Waals surface area contributed by atoms with Crippen LogP contribution in [-0.4, -0.2) is 25.7 Å². The maximum absolute atomic E-state index is 11.4. The SMILES string of the molecule is CCC(=O)Nc1cccc(-c2nn3c(C)nnc3s2)c1. The number of anilines is 1. The summed E-state index contributed by atoms with van der Waals surface area (Å²) in [5.41, 5.74) is 1.73. The Balaban J connectivity index is 1.96. The first-order chi connectivity index (χ1) is 9.67. The van der Waals surface area contributed by atoms with Gasteiger partial charge in [-0.2, -0.15) is 9.61 Å². The molecular formula is C13H13N5OS. The number of amides is 1. The van der Waals surface area contributed by atoms with Crippen LogP contribution in [0.2, 0.25) is 0 Å². The van der Waals surface area contributed by atoms with Gasteiger partial charge in [0.1, 0.15) is 5.01 Å². The second-order valence-electron chi connectivity index (χ2n) is 4.33. The summed E-state index contributed by atoms with van der Waals surface area (Å²) in [4.78, 5) is 12.2. The number of rotatable bonds is 3. The molecule has 0 saturated heterocycles. The predicted octanol–water partition coefficient (Wildman–Crippen LogP) is 2.51. The van der Waals surface area contributed by atoms with Gasteiger partial charge in [0.2, 0.25) is 10.9 Å². The summed E-state index contributed by atoms with van der Waals surface area (Å²) in [6, 6.07) is 7.63. The monoisotopic (exact) mass is 287 g/mol. The molecule has 0 atom stereocenters. The van der Waals surface area contributed by atoms with E-state index in [1.807, 2.05) is 38.1 Å². The predicted molar refractivity (Wildman–Crippen MR) is 77.8 cm³/mol. The fourth-order valence-electron chi connectivity index (χ4n) is 1.81. The van der Waals surface area contributed by atoms with Gasteiger partial charge in [0, 0.05) is 17.7 Å². The number of fused-ring (bicyclic) bond motifs is 1. The van der Waals surface area contributed by atoms with Crippen molar-refractivity contribution in [2.45, 2.75) is 20.3 Å². The lowest BCUT2D eigenvalue weighted by Crippen LogP contribution is -2.09. The summed E-state index contributed by atoms with van der Waals surface area (Å²) in [5, 5.41) is 16.2. The van der Waals surface area contributed by atoms with E-state index in [4.69, 9.17) is 0 Å². The third-order valence-corrected chi connectivity index (χ3v) is 3.81. The number of nitrogens with one attached hydrogen (secondary N) is 1. The summed E-state index contributed by atoms with van der Waals surface area (Å²) in [5.74, 6) is 0.758. The van der Waals surface area contributed by atoms with E-state index < -0.39 is 0 Å². The van der Waals surface area contributed by atoms with Crippen LogP contribution >= 0.6 is 11.3 Å². The zero-order valence-electron chi connectivity index (χ0n) is 11.1. The lowest BCUT2D eigenvalue weighted by Gasteiger charge is -2.04. The van der Waals surface area contributed by atoms with E-state index >= 15 is 0 Å². The van der Waals surface area contributed by atoms with Gasteiger partial charge in [-0.05, 0) is 19.1 Å². The molecule has 3 aromatic rings. The smallest absolute Gasteiger partial charge is 0.234 e. The van der Waals surface area contributed by atoms with Gasteiger partial charge < -0.3 is 5.32 Å². The molecule has 2 heterocycles. The molecule has 0 radical (unpaired) electrons. The number of nitrogens with zero attached hydrogens (tertiary/aromatic N) is 4. The van der Waals surface area contributed by atoms with Crippen LogP contribution in [0.25, 0.3) is 15.5 Å². The normalized spacial score (nSPS) is 10.9. The Labute approximate surface area is 119 Å². The minimum Gasteiger partial charge on any atom is -0.326 e. The molecule has 2 aromatic heterocycles. The minimum absolute atomic E-state index is 0.00358. The Morgan fingerprint density at radius 2 is 2.25 bits per heavy atom. The second kappa shape index (κ2) is 5.01. The van der Waals surface area contributed by atoms with Crippen LogP contribution in [0.4, 0.5) is 5.69 Å². The van der Waals surface area contributed by atoms with Crippen molar-refractivity contribution in [3.8, 4) is 10.6 Å². The average molecular weight is 287 g/mol. The molecule has 7 heteroatoms. The standard InChI is InChI=1S/C13H13N5OS/c1-3-11(19)14-10-6-4-5-9(7-10)12-17-18-8(2)15-16-13(18)20-12/h4-7H,3H2,1-2H3,(H,14,19). The van der Waals surface area contributed by atoms with E-state index in [0.29, 0.717) is 6.42 Å². The number of hydrogen-bond donors (Lipinski definition) is 1. The highest BCUT2D eigenvalue weighted by Crippen LogP contribution is 2.27. The number of aryl methyl sites for hydroxylation is 1. The van der Waals surface area contributed by atoms with E-state index in [1.165, 1.54) is 11.3 Å². The van der Waals surface area contributed by atoms with Gasteiger partial charge in [-0.1, -0.05) is 30.4 Å². The Hall–Kier alpha value is -2.28. The van der Waals surface area contributed by atoms with Gasteiger partial charge in [-0.3, -0.25) is 4.79 Å². The van der Waals surface area contributed by atoms with Crippen molar-refractivity contribution in [1.82, 2.24) is 19.8 Å². The van der Waals surface area contributed by atoms with Crippen molar-refractivity contribution < 1.29 is 4.79 Å². The van der Waals surface area contributed by atoms with E-state index in [0.717, 1.165) is 27.0 Å². The quantitative estimate of drug-likeness (QED) is 0.803.